The van der Waals surface area contributed by atoms with Gasteiger partial charge >= 0.3 is 0 Å². The average molecular weight is 301 g/mol. The van der Waals surface area contributed by atoms with Crippen molar-refractivity contribution < 1.29 is 9.47 Å². The van der Waals surface area contributed by atoms with Crippen LogP contribution in [0.25, 0.3) is 0 Å². The predicted molar refractivity (Wildman–Crippen MR) is 87.4 cm³/mol. The summed E-state index contributed by atoms with van der Waals surface area (Å²) in [4.78, 5) is 8.77. The predicted octanol–water partition coefficient (Wildman–Crippen LogP) is 2.90. The van der Waals surface area contributed by atoms with E-state index in [9.17, 15) is 0 Å². The molecule has 0 spiro atoms. The fourth-order valence-corrected chi connectivity index (χ4v) is 2.34. The maximum atomic E-state index is 5.40. The number of benzene rings is 1. The van der Waals surface area contributed by atoms with E-state index in [1.165, 1.54) is 11.1 Å². The lowest BCUT2D eigenvalue weighted by Gasteiger charge is -2.11. The van der Waals surface area contributed by atoms with E-state index in [1.54, 1.807) is 14.2 Å². The van der Waals surface area contributed by atoms with Crippen LogP contribution < -0.4 is 10.1 Å². The summed E-state index contributed by atoms with van der Waals surface area (Å²) in [6.45, 7) is 5.24. The number of nitrogens with zero attached hydrogens (tertiary/aromatic N) is 2. The first-order valence-electron chi connectivity index (χ1n) is 7.33. The van der Waals surface area contributed by atoms with Crippen LogP contribution in [0.2, 0.25) is 0 Å². The van der Waals surface area contributed by atoms with Crippen molar-refractivity contribution in [2.24, 2.45) is 0 Å². The van der Waals surface area contributed by atoms with Crippen LogP contribution in [0, 0.1) is 13.8 Å². The molecule has 1 N–H and O–H groups in total. The molecule has 0 fully saturated rings. The number of rotatable bonds is 7. The highest BCUT2D eigenvalue weighted by molar-refractivity contribution is 5.39. The fraction of sp³-hybridized carbons (Fsp3) is 0.412. The molecule has 2 rings (SSSR count). The average Bonchev–Trinajstić information content (AvgIpc) is 2.47. The van der Waals surface area contributed by atoms with E-state index in [2.05, 4.69) is 34.3 Å². The lowest BCUT2D eigenvalue weighted by Crippen LogP contribution is -2.10. The molecule has 0 atom stereocenters. The van der Waals surface area contributed by atoms with Crippen molar-refractivity contribution >= 4 is 5.82 Å². The molecule has 1 aromatic heterocycles. The molecule has 0 radical (unpaired) electrons. The van der Waals surface area contributed by atoms with E-state index in [0.717, 1.165) is 30.2 Å². The van der Waals surface area contributed by atoms with Crippen molar-refractivity contribution in [1.29, 1.82) is 0 Å². The van der Waals surface area contributed by atoms with E-state index in [1.807, 2.05) is 19.1 Å². The van der Waals surface area contributed by atoms with Crippen molar-refractivity contribution in [1.82, 2.24) is 9.97 Å². The highest BCUT2D eigenvalue weighted by atomic mass is 16.5. The van der Waals surface area contributed by atoms with Gasteiger partial charge in [-0.15, -0.1) is 0 Å². The fourth-order valence-electron chi connectivity index (χ4n) is 2.34. The molecular weight excluding hydrogens is 278 g/mol. The largest absolute Gasteiger partial charge is 0.496 e. The number of hydrogen-bond donors (Lipinski definition) is 1. The summed E-state index contributed by atoms with van der Waals surface area (Å²) < 4.78 is 10.5. The van der Waals surface area contributed by atoms with Crippen molar-refractivity contribution in [3.8, 4) is 5.75 Å². The van der Waals surface area contributed by atoms with Gasteiger partial charge in [0.05, 0.1) is 7.11 Å². The molecule has 5 heteroatoms. The molecule has 1 aromatic carbocycles. The molecule has 0 bridgehead atoms. The van der Waals surface area contributed by atoms with Crippen molar-refractivity contribution in [3.63, 3.8) is 0 Å². The zero-order valence-corrected chi connectivity index (χ0v) is 13.6. The molecule has 22 heavy (non-hydrogen) atoms. The van der Waals surface area contributed by atoms with Crippen molar-refractivity contribution in [2.45, 2.75) is 26.9 Å². The van der Waals surface area contributed by atoms with Crippen LogP contribution in [0.4, 0.5) is 5.82 Å². The summed E-state index contributed by atoms with van der Waals surface area (Å²) in [6.07, 6.45) is 0.869. The minimum absolute atomic E-state index is 0.419. The molecule has 0 unspecified atom stereocenters. The van der Waals surface area contributed by atoms with Gasteiger partial charge in [-0.2, -0.15) is 0 Å². The van der Waals surface area contributed by atoms with Gasteiger partial charge in [-0.1, -0.05) is 17.7 Å². The third kappa shape index (κ3) is 4.43. The SMILES string of the molecule is COCc1nc(C)cc(NCCc2cc(C)ccc2OC)n1. The van der Waals surface area contributed by atoms with Crippen molar-refractivity contribution in [2.75, 3.05) is 26.1 Å². The maximum Gasteiger partial charge on any atom is 0.156 e. The number of aryl methyl sites for hydroxylation is 2. The molecule has 1 heterocycles. The summed E-state index contributed by atoms with van der Waals surface area (Å²) in [7, 11) is 3.34. The Morgan fingerprint density at radius 2 is 1.91 bits per heavy atom. The lowest BCUT2D eigenvalue weighted by molar-refractivity contribution is 0.177. The topological polar surface area (TPSA) is 56.3 Å². The Balaban J connectivity index is 2.00. The smallest absolute Gasteiger partial charge is 0.156 e. The first kappa shape index (κ1) is 16.2. The molecule has 5 nitrogen and oxygen atoms in total. The van der Waals surface area contributed by atoms with Crippen LogP contribution in [0.5, 0.6) is 5.75 Å². The van der Waals surface area contributed by atoms with Gasteiger partial charge in [0.2, 0.25) is 0 Å². The third-order valence-corrected chi connectivity index (χ3v) is 3.31. The van der Waals surface area contributed by atoms with Crippen LogP contribution >= 0.6 is 0 Å². The minimum atomic E-state index is 0.419. The molecule has 0 saturated heterocycles. The van der Waals surface area contributed by atoms with Crippen LogP contribution in [-0.2, 0) is 17.8 Å². The third-order valence-electron chi connectivity index (χ3n) is 3.31. The van der Waals surface area contributed by atoms with E-state index in [0.29, 0.717) is 12.4 Å². The number of ether oxygens (including phenoxy) is 2. The summed E-state index contributed by atoms with van der Waals surface area (Å²) in [5, 5.41) is 3.34. The second kappa shape index (κ2) is 7.75. The molecule has 0 aliphatic heterocycles. The standard InChI is InChI=1S/C17H23N3O2/c1-12-5-6-15(22-4)14(9-12)7-8-18-16-10-13(2)19-17(20-16)11-21-3/h5-6,9-10H,7-8,11H2,1-4H3,(H,18,19,20). The number of nitrogens with one attached hydrogen (secondary N) is 1. The Kier molecular flexibility index (Phi) is 5.72. The van der Waals surface area contributed by atoms with E-state index in [-0.39, 0.29) is 0 Å². The molecule has 118 valence electrons. The first-order valence-corrected chi connectivity index (χ1v) is 7.33. The Bertz CT molecular complexity index is 629. The summed E-state index contributed by atoms with van der Waals surface area (Å²) in [5.74, 6) is 2.44. The molecule has 0 saturated carbocycles. The summed E-state index contributed by atoms with van der Waals surface area (Å²) in [5.41, 5.74) is 3.35. The second-order valence-corrected chi connectivity index (χ2v) is 5.24. The molecular formula is C17H23N3O2. The Morgan fingerprint density at radius 1 is 1.09 bits per heavy atom. The summed E-state index contributed by atoms with van der Waals surface area (Å²) >= 11 is 0. The van der Waals surface area contributed by atoms with Gasteiger partial charge in [-0.25, -0.2) is 9.97 Å². The lowest BCUT2D eigenvalue weighted by atomic mass is 10.1. The van der Waals surface area contributed by atoms with E-state index < -0.39 is 0 Å². The highest BCUT2D eigenvalue weighted by Crippen LogP contribution is 2.20. The normalized spacial score (nSPS) is 10.5. The van der Waals surface area contributed by atoms with Crippen LogP contribution in [0.1, 0.15) is 22.6 Å². The van der Waals surface area contributed by atoms with Gasteiger partial charge in [-0.05, 0) is 31.9 Å². The minimum Gasteiger partial charge on any atom is -0.496 e. The zero-order valence-electron chi connectivity index (χ0n) is 13.6. The van der Waals surface area contributed by atoms with Crippen LogP contribution in [0.15, 0.2) is 24.3 Å². The zero-order chi connectivity index (χ0) is 15.9. The Hall–Kier alpha value is -2.14. The number of methoxy groups -OCH3 is 2. The van der Waals surface area contributed by atoms with Gasteiger partial charge in [0.25, 0.3) is 0 Å². The number of aromatic nitrogens is 2. The molecule has 0 aliphatic carbocycles. The van der Waals surface area contributed by atoms with Crippen molar-refractivity contribution in [3.05, 3.63) is 46.9 Å². The summed E-state index contributed by atoms with van der Waals surface area (Å²) in [6, 6.07) is 8.16. The van der Waals surface area contributed by atoms with Crippen LogP contribution in [0.3, 0.4) is 0 Å². The van der Waals surface area contributed by atoms with Gasteiger partial charge in [0.15, 0.2) is 5.82 Å². The Labute approximate surface area is 131 Å². The monoisotopic (exact) mass is 301 g/mol. The highest BCUT2D eigenvalue weighted by Gasteiger charge is 2.05. The van der Waals surface area contributed by atoms with E-state index in [4.69, 9.17) is 9.47 Å². The molecule has 2 aromatic rings. The number of anilines is 1. The maximum absolute atomic E-state index is 5.40. The van der Waals surface area contributed by atoms with E-state index >= 15 is 0 Å². The van der Waals surface area contributed by atoms with Crippen LogP contribution in [-0.4, -0.2) is 30.7 Å². The van der Waals surface area contributed by atoms with Gasteiger partial charge in [0, 0.05) is 25.4 Å². The van der Waals surface area contributed by atoms with Gasteiger partial charge < -0.3 is 14.8 Å². The quantitative estimate of drug-likeness (QED) is 0.852. The molecule has 0 amide bonds. The Morgan fingerprint density at radius 3 is 2.64 bits per heavy atom. The first-order chi connectivity index (χ1) is 10.6. The molecule has 0 aliphatic rings. The van der Waals surface area contributed by atoms with Gasteiger partial charge in [-0.3, -0.25) is 0 Å². The second-order valence-electron chi connectivity index (χ2n) is 5.24. The number of hydrogen-bond acceptors (Lipinski definition) is 5. The van der Waals surface area contributed by atoms with Gasteiger partial charge in [0.1, 0.15) is 18.2 Å².